The topological polar surface area (TPSA) is 35.5 Å². The van der Waals surface area contributed by atoms with E-state index in [-0.39, 0.29) is 12.6 Å². The molecule has 94 valence electrons. The predicted molar refractivity (Wildman–Crippen MR) is 66.5 cm³/mol. The van der Waals surface area contributed by atoms with E-state index in [1.54, 1.807) is 0 Å². The van der Waals surface area contributed by atoms with Gasteiger partial charge in [0, 0.05) is 25.2 Å². The van der Waals surface area contributed by atoms with Crippen molar-refractivity contribution in [3.63, 3.8) is 0 Å². The zero-order chi connectivity index (χ0) is 11.4. The minimum Gasteiger partial charge on any atom is -0.395 e. The third-order valence-electron chi connectivity index (χ3n) is 3.50. The van der Waals surface area contributed by atoms with Crippen molar-refractivity contribution in [2.24, 2.45) is 5.92 Å². The van der Waals surface area contributed by atoms with Crippen LogP contribution in [0.2, 0.25) is 0 Å². The molecule has 0 aromatic carbocycles. The number of nitrogens with one attached hydrogen (secondary N) is 1. The van der Waals surface area contributed by atoms with Crippen molar-refractivity contribution < 1.29 is 5.11 Å². The highest BCUT2D eigenvalue weighted by molar-refractivity contribution is 4.87. The quantitative estimate of drug-likeness (QED) is 0.620. The molecule has 2 N–H and O–H groups in total. The van der Waals surface area contributed by atoms with Crippen LogP contribution in [-0.2, 0) is 0 Å². The van der Waals surface area contributed by atoms with Crippen LogP contribution in [0.15, 0.2) is 0 Å². The second kappa shape index (κ2) is 5.99. The summed E-state index contributed by atoms with van der Waals surface area (Å²) in [6.45, 7) is 5.97. The number of aliphatic hydroxyl groups is 1. The highest BCUT2D eigenvalue weighted by atomic mass is 16.3. The van der Waals surface area contributed by atoms with Gasteiger partial charge >= 0.3 is 0 Å². The fourth-order valence-corrected chi connectivity index (χ4v) is 2.30. The number of nitrogens with zero attached hydrogens (tertiary/aromatic N) is 1. The lowest BCUT2D eigenvalue weighted by molar-refractivity contribution is 0.176. The lowest BCUT2D eigenvalue weighted by Crippen LogP contribution is -2.45. The van der Waals surface area contributed by atoms with Crippen LogP contribution in [0.1, 0.15) is 39.0 Å². The number of rotatable bonds is 9. The largest absolute Gasteiger partial charge is 0.395 e. The van der Waals surface area contributed by atoms with E-state index in [0.29, 0.717) is 6.04 Å². The maximum Gasteiger partial charge on any atom is 0.0597 e. The molecule has 0 heterocycles. The molecule has 0 bridgehead atoms. The van der Waals surface area contributed by atoms with E-state index in [2.05, 4.69) is 17.1 Å². The molecular formula is C13H26N2O. The van der Waals surface area contributed by atoms with Crippen LogP contribution in [0.3, 0.4) is 0 Å². The summed E-state index contributed by atoms with van der Waals surface area (Å²) in [6.07, 6.45) is 6.65. The van der Waals surface area contributed by atoms with Crippen LogP contribution in [0, 0.1) is 5.92 Å². The lowest BCUT2D eigenvalue weighted by atomic mass is 10.2. The molecule has 0 aromatic heterocycles. The summed E-state index contributed by atoms with van der Waals surface area (Å²) in [6, 6.07) is 0.986. The Hall–Kier alpha value is -0.120. The van der Waals surface area contributed by atoms with E-state index in [9.17, 15) is 5.11 Å². The van der Waals surface area contributed by atoms with Crippen LogP contribution < -0.4 is 5.32 Å². The molecule has 1 atom stereocenters. The van der Waals surface area contributed by atoms with Crippen LogP contribution in [0.4, 0.5) is 0 Å². The summed E-state index contributed by atoms with van der Waals surface area (Å²) < 4.78 is 0. The highest BCUT2D eigenvalue weighted by Gasteiger charge is 2.28. The van der Waals surface area contributed by atoms with E-state index in [1.807, 2.05) is 0 Å². The van der Waals surface area contributed by atoms with Crippen molar-refractivity contribution in [2.75, 3.05) is 26.2 Å². The zero-order valence-electron chi connectivity index (χ0n) is 10.5. The Morgan fingerprint density at radius 3 is 2.56 bits per heavy atom. The van der Waals surface area contributed by atoms with Crippen molar-refractivity contribution in [3.8, 4) is 0 Å². The fourth-order valence-electron chi connectivity index (χ4n) is 2.30. The lowest BCUT2D eigenvalue weighted by Gasteiger charge is -2.27. The van der Waals surface area contributed by atoms with Gasteiger partial charge in [0.15, 0.2) is 0 Å². The normalized spacial score (nSPS) is 22.7. The Labute approximate surface area is 99.2 Å². The Morgan fingerprint density at radius 2 is 2.06 bits per heavy atom. The monoisotopic (exact) mass is 226 g/mol. The smallest absolute Gasteiger partial charge is 0.0597 e. The molecule has 1 unspecified atom stereocenters. The van der Waals surface area contributed by atoms with Gasteiger partial charge in [-0.05, 0) is 44.6 Å². The molecule has 0 aromatic rings. The van der Waals surface area contributed by atoms with Gasteiger partial charge in [-0.15, -0.1) is 0 Å². The maximum absolute atomic E-state index is 9.38. The number of hydrogen-bond acceptors (Lipinski definition) is 3. The zero-order valence-corrected chi connectivity index (χ0v) is 10.5. The Balaban J connectivity index is 1.71. The van der Waals surface area contributed by atoms with Crippen LogP contribution in [-0.4, -0.2) is 48.3 Å². The molecule has 0 spiro atoms. The molecule has 0 radical (unpaired) electrons. The Kier molecular flexibility index (Phi) is 4.62. The fraction of sp³-hybridized carbons (Fsp3) is 1.00. The molecule has 0 saturated heterocycles. The summed E-state index contributed by atoms with van der Waals surface area (Å²) in [5.41, 5.74) is 0. The molecular weight excluding hydrogens is 200 g/mol. The van der Waals surface area contributed by atoms with Crippen molar-refractivity contribution in [1.29, 1.82) is 0 Å². The average Bonchev–Trinajstić information content (AvgIpc) is 3.11. The predicted octanol–water partition coefficient (Wildman–Crippen LogP) is 1.22. The first-order chi connectivity index (χ1) is 7.81. The summed E-state index contributed by atoms with van der Waals surface area (Å²) in [4.78, 5) is 2.54. The molecule has 0 aliphatic heterocycles. The van der Waals surface area contributed by atoms with Crippen LogP contribution in [0.5, 0.6) is 0 Å². The standard InChI is InChI=1S/C13H26N2O/c1-2-7-15(8-11-3-4-11)9-13(10-16)14-12-5-6-12/h11-14,16H,2-10H2,1H3. The van der Waals surface area contributed by atoms with Gasteiger partial charge in [0.05, 0.1) is 6.61 Å². The molecule has 2 saturated carbocycles. The van der Waals surface area contributed by atoms with Crippen molar-refractivity contribution in [3.05, 3.63) is 0 Å². The van der Waals surface area contributed by atoms with Gasteiger partial charge in [-0.2, -0.15) is 0 Å². The van der Waals surface area contributed by atoms with Gasteiger partial charge in [0.1, 0.15) is 0 Å². The van der Waals surface area contributed by atoms with Crippen molar-refractivity contribution in [1.82, 2.24) is 10.2 Å². The van der Waals surface area contributed by atoms with Crippen molar-refractivity contribution >= 4 is 0 Å². The number of hydrogen-bond donors (Lipinski definition) is 2. The van der Waals surface area contributed by atoms with Gasteiger partial charge in [-0.3, -0.25) is 0 Å². The maximum atomic E-state index is 9.38. The average molecular weight is 226 g/mol. The van der Waals surface area contributed by atoms with Gasteiger partial charge in [-0.1, -0.05) is 6.92 Å². The minimum absolute atomic E-state index is 0.279. The highest BCUT2D eigenvalue weighted by Crippen LogP contribution is 2.29. The second-order valence-corrected chi connectivity index (χ2v) is 5.52. The first-order valence-electron chi connectivity index (χ1n) is 6.91. The SMILES string of the molecule is CCCN(CC1CC1)CC(CO)NC1CC1. The molecule has 2 aliphatic rings. The molecule has 3 nitrogen and oxygen atoms in total. The van der Waals surface area contributed by atoms with E-state index >= 15 is 0 Å². The molecule has 2 aliphatic carbocycles. The van der Waals surface area contributed by atoms with E-state index in [4.69, 9.17) is 0 Å². The third-order valence-corrected chi connectivity index (χ3v) is 3.50. The molecule has 16 heavy (non-hydrogen) atoms. The Bertz CT molecular complexity index is 202. The van der Waals surface area contributed by atoms with E-state index in [0.717, 1.165) is 12.5 Å². The van der Waals surface area contributed by atoms with Gasteiger partial charge < -0.3 is 15.3 Å². The summed E-state index contributed by atoms with van der Waals surface area (Å²) in [7, 11) is 0. The van der Waals surface area contributed by atoms with Gasteiger partial charge in [-0.25, -0.2) is 0 Å². The third kappa shape index (κ3) is 4.40. The molecule has 0 amide bonds. The van der Waals surface area contributed by atoms with Gasteiger partial charge in [0.2, 0.25) is 0 Å². The van der Waals surface area contributed by atoms with Crippen LogP contribution in [0.25, 0.3) is 0 Å². The minimum atomic E-state index is 0.279. The van der Waals surface area contributed by atoms with E-state index in [1.165, 1.54) is 45.2 Å². The first-order valence-corrected chi connectivity index (χ1v) is 6.91. The number of aliphatic hydroxyl groups excluding tert-OH is 1. The molecule has 2 fully saturated rings. The summed E-state index contributed by atoms with van der Waals surface area (Å²) in [5, 5.41) is 12.9. The Morgan fingerprint density at radius 1 is 1.31 bits per heavy atom. The first kappa shape index (κ1) is 12.3. The summed E-state index contributed by atoms with van der Waals surface area (Å²) in [5.74, 6) is 0.951. The summed E-state index contributed by atoms with van der Waals surface area (Å²) >= 11 is 0. The van der Waals surface area contributed by atoms with Crippen molar-refractivity contribution in [2.45, 2.75) is 51.1 Å². The second-order valence-electron chi connectivity index (χ2n) is 5.52. The van der Waals surface area contributed by atoms with Gasteiger partial charge in [0.25, 0.3) is 0 Å². The van der Waals surface area contributed by atoms with E-state index < -0.39 is 0 Å². The van der Waals surface area contributed by atoms with Crippen LogP contribution >= 0.6 is 0 Å². The molecule has 3 heteroatoms. The molecule has 2 rings (SSSR count).